The molecule has 0 spiro atoms. The van der Waals surface area contributed by atoms with Crippen molar-refractivity contribution in [1.82, 2.24) is 25.1 Å². The Kier molecular flexibility index (Phi) is 4.04. The fourth-order valence-corrected chi connectivity index (χ4v) is 2.01. The lowest BCUT2D eigenvalue weighted by atomic mass is 10.0. The minimum Gasteiger partial charge on any atom is -0.342 e. The summed E-state index contributed by atoms with van der Waals surface area (Å²) >= 11 is 0. The molecule has 1 unspecified atom stereocenters. The summed E-state index contributed by atoms with van der Waals surface area (Å²) in [6.07, 6.45) is 6.76. The average molecular weight is 296 g/mol. The van der Waals surface area contributed by atoms with Gasteiger partial charge in [0.05, 0.1) is 0 Å². The minimum absolute atomic E-state index is 0.162. The van der Waals surface area contributed by atoms with E-state index in [1.54, 1.807) is 30.9 Å². The molecule has 0 bridgehead atoms. The Morgan fingerprint density at radius 1 is 1.05 bits per heavy atom. The Balaban J connectivity index is 1.85. The van der Waals surface area contributed by atoms with Gasteiger partial charge in [-0.1, -0.05) is 19.0 Å². The summed E-state index contributed by atoms with van der Waals surface area (Å²) in [6, 6.07) is 5.29. The van der Waals surface area contributed by atoms with Crippen LogP contribution in [0, 0.1) is 5.92 Å². The number of nitrogens with one attached hydrogen (secondary N) is 1. The molecule has 0 fully saturated rings. The van der Waals surface area contributed by atoms with E-state index >= 15 is 0 Å². The zero-order valence-electron chi connectivity index (χ0n) is 12.3. The molecule has 0 aliphatic heterocycles. The molecule has 0 saturated heterocycles. The second-order valence-electron chi connectivity index (χ2n) is 5.13. The van der Waals surface area contributed by atoms with Gasteiger partial charge in [-0.15, -0.1) is 0 Å². The molecule has 0 aliphatic rings. The first-order valence-corrected chi connectivity index (χ1v) is 7.01. The van der Waals surface area contributed by atoms with Crippen molar-refractivity contribution in [3.05, 3.63) is 48.9 Å². The van der Waals surface area contributed by atoms with E-state index in [0.29, 0.717) is 17.7 Å². The number of hydrogen-bond donors (Lipinski definition) is 1. The summed E-state index contributed by atoms with van der Waals surface area (Å²) in [5, 5.41) is 7.27. The number of pyridine rings is 1. The Bertz CT molecular complexity index is 713. The lowest BCUT2D eigenvalue weighted by Crippen LogP contribution is -2.18. The summed E-state index contributed by atoms with van der Waals surface area (Å²) in [4.78, 5) is 16.8. The van der Waals surface area contributed by atoms with Gasteiger partial charge in [0, 0.05) is 30.4 Å². The Morgan fingerprint density at radius 2 is 1.77 bits per heavy atom. The standard InChI is InChI=1S/C15H16N6O/c1-10(2)12(19-15-17-6-3-7-18-15)14-20-13(21-22-14)11-4-8-16-9-5-11/h3-10,12H,1-2H3,(H,17,18,19). The molecule has 1 atom stereocenters. The maximum atomic E-state index is 5.42. The third kappa shape index (κ3) is 3.08. The van der Waals surface area contributed by atoms with Crippen molar-refractivity contribution >= 4 is 5.95 Å². The van der Waals surface area contributed by atoms with Crippen LogP contribution >= 0.6 is 0 Å². The summed E-state index contributed by atoms with van der Waals surface area (Å²) in [5.74, 6) is 1.81. The molecule has 7 nitrogen and oxygen atoms in total. The topological polar surface area (TPSA) is 89.6 Å². The number of nitrogens with zero attached hydrogens (tertiary/aromatic N) is 5. The van der Waals surface area contributed by atoms with Crippen LogP contribution in [0.4, 0.5) is 5.95 Å². The van der Waals surface area contributed by atoms with Gasteiger partial charge in [0.2, 0.25) is 17.7 Å². The van der Waals surface area contributed by atoms with Gasteiger partial charge in [-0.25, -0.2) is 9.97 Å². The molecule has 112 valence electrons. The van der Waals surface area contributed by atoms with Gasteiger partial charge in [-0.05, 0) is 24.1 Å². The van der Waals surface area contributed by atoms with Crippen LogP contribution in [0.15, 0.2) is 47.5 Å². The van der Waals surface area contributed by atoms with Crippen LogP contribution in [0.3, 0.4) is 0 Å². The minimum atomic E-state index is -0.162. The van der Waals surface area contributed by atoms with Crippen molar-refractivity contribution in [3.8, 4) is 11.4 Å². The number of rotatable bonds is 5. The second-order valence-corrected chi connectivity index (χ2v) is 5.13. The number of anilines is 1. The highest BCUT2D eigenvalue weighted by atomic mass is 16.5. The molecular formula is C15H16N6O. The van der Waals surface area contributed by atoms with Gasteiger partial charge < -0.3 is 9.84 Å². The molecule has 22 heavy (non-hydrogen) atoms. The predicted octanol–water partition coefficient (Wildman–Crippen LogP) is 2.73. The van der Waals surface area contributed by atoms with Gasteiger partial charge in [-0.3, -0.25) is 4.98 Å². The summed E-state index contributed by atoms with van der Waals surface area (Å²) < 4.78 is 5.42. The van der Waals surface area contributed by atoms with Crippen LogP contribution in [0.2, 0.25) is 0 Å². The van der Waals surface area contributed by atoms with Crippen LogP contribution in [-0.4, -0.2) is 25.1 Å². The van der Waals surface area contributed by atoms with Gasteiger partial charge in [-0.2, -0.15) is 4.98 Å². The molecule has 0 saturated carbocycles. The summed E-state index contributed by atoms with van der Waals surface area (Å²) in [6.45, 7) is 4.13. The van der Waals surface area contributed by atoms with Gasteiger partial charge >= 0.3 is 0 Å². The Labute approximate surface area is 127 Å². The fourth-order valence-electron chi connectivity index (χ4n) is 2.01. The van der Waals surface area contributed by atoms with E-state index in [4.69, 9.17) is 4.52 Å². The molecule has 3 heterocycles. The predicted molar refractivity (Wildman–Crippen MR) is 80.8 cm³/mol. The second kappa shape index (κ2) is 6.30. The van der Waals surface area contributed by atoms with Crippen LogP contribution in [-0.2, 0) is 0 Å². The van der Waals surface area contributed by atoms with Crippen molar-refractivity contribution < 1.29 is 4.52 Å². The lowest BCUT2D eigenvalue weighted by Gasteiger charge is -2.18. The van der Waals surface area contributed by atoms with Crippen molar-refractivity contribution in [3.63, 3.8) is 0 Å². The smallest absolute Gasteiger partial charge is 0.249 e. The number of hydrogen-bond acceptors (Lipinski definition) is 7. The van der Waals surface area contributed by atoms with Gasteiger partial charge in [0.1, 0.15) is 6.04 Å². The first-order chi connectivity index (χ1) is 10.7. The molecular weight excluding hydrogens is 280 g/mol. The van der Waals surface area contributed by atoms with E-state index in [-0.39, 0.29) is 12.0 Å². The van der Waals surface area contributed by atoms with E-state index < -0.39 is 0 Å². The molecule has 0 aliphatic carbocycles. The van der Waals surface area contributed by atoms with Crippen LogP contribution < -0.4 is 5.32 Å². The van der Waals surface area contributed by atoms with Crippen molar-refractivity contribution in [2.75, 3.05) is 5.32 Å². The average Bonchev–Trinajstić information content (AvgIpc) is 3.04. The zero-order valence-corrected chi connectivity index (χ0v) is 12.3. The van der Waals surface area contributed by atoms with Crippen LogP contribution in [0.25, 0.3) is 11.4 Å². The first kappa shape index (κ1) is 14.1. The largest absolute Gasteiger partial charge is 0.342 e. The maximum Gasteiger partial charge on any atom is 0.249 e. The summed E-state index contributed by atoms with van der Waals surface area (Å²) in [5.41, 5.74) is 0.864. The Hall–Kier alpha value is -2.83. The highest BCUT2D eigenvalue weighted by Gasteiger charge is 2.23. The van der Waals surface area contributed by atoms with E-state index in [9.17, 15) is 0 Å². The van der Waals surface area contributed by atoms with E-state index in [2.05, 4.69) is 44.3 Å². The maximum absolute atomic E-state index is 5.42. The normalized spacial score (nSPS) is 12.3. The summed E-state index contributed by atoms with van der Waals surface area (Å²) in [7, 11) is 0. The molecule has 3 aromatic heterocycles. The molecule has 0 radical (unpaired) electrons. The van der Waals surface area contributed by atoms with E-state index in [1.165, 1.54) is 0 Å². The highest BCUT2D eigenvalue weighted by molar-refractivity contribution is 5.52. The lowest BCUT2D eigenvalue weighted by molar-refractivity contribution is 0.335. The van der Waals surface area contributed by atoms with Gasteiger partial charge in [0.15, 0.2) is 0 Å². The van der Waals surface area contributed by atoms with Crippen LogP contribution in [0.5, 0.6) is 0 Å². The SMILES string of the molecule is CC(C)C(Nc1ncccn1)c1nc(-c2ccncc2)no1. The van der Waals surface area contributed by atoms with Gasteiger partial charge in [0.25, 0.3) is 0 Å². The van der Waals surface area contributed by atoms with Crippen molar-refractivity contribution in [2.45, 2.75) is 19.9 Å². The molecule has 0 aromatic carbocycles. The van der Waals surface area contributed by atoms with Crippen molar-refractivity contribution in [2.24, 2.45) is 5.92 Å². The monoisotopic (exact) mass is 296 g/mol. The van der Waals surface area contributed by atoms with E-state index in [1.807, 2.05) is 12.1 Å². The third-order valence-electron chi connectivity index (χ3n) is 3.16. The Morgan fingerprint density at radius 3 is 2.45 bits per heavy atom. The zero-order chi connectivity index (χ0) is 15.4. The number of aromatic nitrogens is 5. The van der Waals surface area contributed by atoms with Crippen molar-refractivity contribution in [1.29, 1.82) is 0 Å². The molecule has 3 aromatic rings. The fraction of sp³-hybridized carbons (Fsp3) is 0.267. The highest BCUT2D eigenvalue weighted by Crippen LogP contribution is 2.25. The third-order valence-corrected chi connectivity index (χ3v) is 3.16. The van der Waals surface area contributed by atoms with Crippen LogP contribution in [0.1, 0.15) is 25.8 Å². The molecule has 7 heteroatoms. The van der Waals surface area contributed by atoms with E-state index in [0.717, 1.165) is 5.56 Å². The first-order valence-electron chi connectivity index (χ1n) is 7.01. The molecule has 3 rings (SSSR count). The molecule has 0 amide bonds. The molecule has 1 N–H and O–H groups in total. The quantitative estimate of drug-likeness (QED) is 0.774.